The zero-order valence-corrected chi connectivity index (χ0v) is 19.5. The molecule has 2 aromatic heterocycles. The molecule has 0 spiro atoms. The number of aliphatic hydroxyl groups is 1. The van der Waals surface area contributed by atoms with Gasteiger partial charge in [-0.05, 0) is 24.3 Å². The molecule has 1 aromatic carbocycles. The molecule has 10 heteroatoms. The third kappa shape index (κ3) is 6.27. The number of hydrogen-bond acceptors (Lipinski definition) is 8. The highest BCUT2D eigenvalue weighted by atomic mass is 32.2. The summed E-state index contributed by atoms with van der Waals surface area (Å²) in [6.07, 6.45) is 3.10. The maximum atomic E-state index is 13.2. The molecule has 0 saturated carbocycles. The van der Waals surface area contributed by atoms with Crippen LogP contribution in [0.3, 0.4) is 0 Å². The molecule has 2 heterocycles. The Morgan fingerprint density at radius 1 is 1.15 bits per heavy atom. The van der Waals surface area contributed by atoms with E-state index in [1.54, 1.807) is 48.7 Å². The molecule has 0 aliphatic heterocycles. The molecular formula is C23H26N4O5S. The van der Waals surface area contributed by atoms with Gasteiger partial charge in [-0.3, -0.25) is 9.00 Å². The topological polar surface area (TPSA) is 114 Å². The van der Waals surface area contributed by atoms with E-state index in [2.05, 4.69) is 15.3 Å². The second-order valence-electron chi connectivity index (χ2n) is 7.14. The van der Waals surface area contributed by atoms with Crippen molar-refractivity contribution in [1.29, 1.82) is 0 Å². The van der Waals surface area contributed by atoms with Crippen molar-refractivity contribution in [2.75, 3.05) is 44.6 Å². The highest BCUT2D eigenvalue weighted by Crippen LogP contribution is 2.28. The Morgan fingerprint density at radius 2 is 1.97 bits per heavy atom. The van der Waals surface area contributed by atoms with Crippen LogP contribution in [-0.2, 0) is 16.6 Å². The van der Waals surface area contributed by atoms with Crippen molar-refractivity contribution in [3.05, 3.63) is 66.0 Å². The lowest BCUT2D eigenvalue weighted by Crippen LogP contribution is -2.17. The third-order valence-corrected chi connectivity index (χ3v) is 5.93. The molecule has 1 amide bonds. The van der Waals surface area contributed by atoms with E-state index < -0.39 is 16.7 Å². The van der Waals surface area contributed by atoms with Crippen molar-refractivity contribution in [2.45, 2.75) is 10.8 Å². The molecule has 174 valence electrons. The summed E-state index contributed by atoms with van der Waals surface area (Å²) in [5.41, 5.74) is 1.42. The largest absolute Gasteiger partial charge is 0.497 e. The van der Waals surface area contributed by atoms with E-state index in [0.717, 1.165) is 0 Å². The van der Waals surface area contributed by atoms with Crippen molar-refractivity contribution in [1.82, 2.24) is 9.97 Å². The van der Waals surface area contributed by atoms with E-state index in [0.29, 0.717) is 28.6 Å². The molecule has 0 bridgehead atoms. The Morgan fingerprint density at radius 3 is 2.70 bits per heavy atom. The van der Waals surface area contributed by atoms with Gasteiger partial charge >= 0.3 is 0 Å². The maximum Gasteiger partial charge on any atom is 0.258 e. The van der Waals surface area contributed by atoms with E-state index in [1.165, 1.54) is 13.3 Å². The molecule has 2 N–H and O–H groups in total. The predicted octanol–water partition coefficient (Wildman–Crippen LogP) is 2.48. The molecule has 0 saturated heterocycles. The number of nitrogens with one attached hydrogen (secondary N) is 1. The first-order chi connectivity index (χ1) is 15.9. The number of aliphatic hydroxyl groups excluding tert-OH is 1. The summed E-state index contributed by atoms with van der Waals surface area (Å²) in [6, 6.07) is 11.8. The van der Waals surface area contributed by atoms with Gasteiger partial charge in [-0.1, -0.05) is 6.07 Å². The first kappa shape index (κ1) is 24.1. The number of hydrogen-bond donors (Lipinski definition) is 2. The second kappa shape index (κ2) is 11.4. The van der Waals surface area contributed by atoms with Crippen LogP contribution in [0, 0.1) is 0 Å². The number of pyridine rings is 2. The van der Waals surface area contributed by atoms with Crippen molar-refractivity contribution in [2.24, 2.45) is 0 Å². The fourth-order valence-electron chi connectivity index (χ4n) is 2.96. The number of aromatic nitrogens is 2. The second-order valence-corrected chi connectivity index (χ2v) is 8.51. The Hall–Kier alpha value is -3.50. The zero-order chi connectivity index (χ0) is 23.8. The molecule has 1 atom stereocenters. The molecule has 0 radical (unpaired) electrons. The van der Waals surface area contributed by atoms with Gasteiger partial charge in [-0.25, -0.2) is 9.97 Å². The number of nitrogens with zero attached hydrogens (tertiary/aromatic N) is 3. The van der Waals surface area contributed by atoms with Crippen LogP contribution >= 0.6 is 0 Å². The van der Waals surface area contributed by atoms with Gasteiger partial charge in [0, 0.05) is 49.9 Å². The van der Waals surface area contributed by atoms with Crippen molar-refractivity contribution in [3.63, 3.8) is 0 Å². The summed E-state index contributed by atoms with van der Waals surface area (Å²) in [5.74, 6) is 1.37. The summed E-state index contributed by atoms with van der Waals surface area (Å²) < 4.78 is 24.0. The molecule has 1 unspecified atom stereocenters. The van der Waals surface area contributed by atoms with Crippen LogP contribution in [0.1, 0.15) is 15.9 Å². The predicted molar refractivity (Wildman–Crippen MR) is 126 cm³/mol. The first-order valence-electron chi connectivity index (χ1n) is 10.1. The van der Waals surface area contributed by atoms with Crippen LogP contribution in [0.25, 0.3) is 0 Å². The van der Waals surface area contributed by atoms with Gasteiger partial charge in [-0.15, -0.1) is 0 Å². The smallest absolute Gasteiger partial charge is 0.258 e. The number of carbonyl (C=O) groups excluding carboxylic acids is 1. The van der Waals surface area contributed by atoms with Crippen molar-refractivity contribution < 1.29 is 23.6 Å². The van der Waals surface area contributed by atoms with Gasteiger partial charge in [0.05, 0.1) is 35.8 Å². The molecule has 0 aliphatic carbocycles. The highest BCUT2D eigenvalue weighted by molar-refractivity contribution is 7.84. The standard InChI is InChI=1S/C23H26N4O5S/c1-27(2)21-13-17(8-10-24-21)26-22(29)19-5-4-9-25-23(19)33(30)15-16-6-7-18(31-3)14-20(16)32-12-11-28/h4-10,13-14,28H,11-12,15H2,1-3H3,(H,24,26,29). The monoisotopic (exact) mass is 470 g/mol. The Bertz CT molecular complexity index is 1140. The number of ether oxygens (including phenoxy) is 2. The molecular weight excluding hydrogens is 444 g/mol. The van der Waals surface area contributed by atoms with Crippen molar-refractivity contribution >= 4 is 28.2 Å². The maximum absolute atomic E-state index is 13.2. The van der Waals surface area contributed by atoms with Crippen molar-refractivity contribution in [3.8, 4) is 11.5 Å². The summed E-state index contributed by atoms with van der Waals surface area (Å²) in [4.78, 5) is 23.3. The van der Waals surface area contributed by atoms with E-state index in [-0.39, 0.29) is 29.6 Å². The Balaban J connectivity index is 1.83. The molecule has 0 aliphatic rings. The summed E-state index contributed by atoms with van der Waals surface area (Å²) >= 11 is 0. The van der Waals surface area contributed by atoms with E-state index in [4.69, 9.17) is 14.6 Å². The summed E-state index contributed by atoms with van der Waals surface area (Å²) in [6.45, 7) is -0.0697. The fraction of sp³-hybridized carbons (Fsp3) is 0.261. The molecule has 3 rings (SSSR count). The van der Waals surface area contributed by atoms with Crippen LogP contribution in [0.4, 0.5) is 11.5 Å². The number of anilines is 2. The zero-order valence-electron chi connectivity index (χ0n) is 18.6. The fourth-order valence-corrected chi connectivity index (χ4v) is 4.21. The lowest BCUT2D eigenvalue weighted by atomic mass is 10.2. The Kier molecular flexibility index (Phi) is 8.34. The van der Waals surface area contributed by atoms with Gasteiger partial charge in [0.25, 0.3) is 5.91 Å². The average Bonchev–Trinajstić information content (AvgIpc) is 2.83. The third-order valence-electron chi connectivity index (χ3n) is 4.60. The van der Waals surface area contributed by atoms with Gasteiger partial charge in [0.15, 0.2) is 0 Å². The molecule has 33 heavy (non-hydrogen) atoms. The van der Waals surface area contributed by atoms with Crippen LogP contribution in [0.15, 0.2) is 59.9 Å². The summed E-state index contributed by atoms with van der Waals surface area (Å²) in [7, 11) is 3.61. The van der Waals surface area contributed by atoms with Crippen LogP contribution in [0.5, 0.6) is 11.5 Å². The Labute approximate surface area is 194 Å². The molecule has 9 nitrogen and oxygen atoms in total. The van der Waals surface area contributed by atoms with Gasteiger partial charge in [-0.2, -0.15) is 0 Å². The summed E-state index contributed by atoms with van der Waals surface area (Å²) in [5, 5.41) is 12.1. The number of amides is 1. The minimum atomic E-state index is -1.64. The van der Waals surface area contributed by atoms with Crippen LogP contribution in [0.2, 0.25) is 0 Å². The number of carbonyl (C=O) groups is 1. The minimum absolute atomic E-state index is 0.0715. The lowest BCUT2D eigenvalue weighted by Gasteiger charge is -2.14. The quantitative estimate of drug-likeness (QED) is 0.465. The van der Waals surface area contributed by atoms with Crippen LogP contribution < -0.4 is 19.7 Å². The van der Waals surface area contributed by atoms with Gasteiger partial charge in [0.2, 0.25) is 0 Å². The van der Waals surface area contributed by atoms with E-state index in [1.807, 2.05) is 19.0 Å². The molecule has 0 fully saturated rings. The molecule has 3 aromatic rings. The average molecular weight is 471 g/mol. The van der Waals surface area contributed by atoms with Gasteiger partial charge < -0.3 is 24.8 Å². The SMILES string of the molecule is COc1ccc(CS(=O)c2ncccc2C(=O)Nc2ccnc(N(C)C)c2)c(OCCO)c1. The van der Waals surface area contributed by atoms with Gasteiger partial charge in [0.1, 0.15) is 28.9 Å². The number of benzene rings is 1. The lowest BCUT2D eigenvalue weighted by molar-refractivity contribution is 0.102. The normalized spacial score (nSPS) is 11.5. The van der Waals surface area contributed by atoms with Crippen LogP contribution in [-0.4, -0.2) is 59.6 Å². The highest BCUT2D eigenvalue weighted by Gasteiger charge is 2.20. The van der Waals surface area contributed by atoms with E-state index in [9.17, 15) is 9.00 Å². The minimum Gasteiger partial charge on any atom is -0.497 e. The van der Waals surface area contributed by atoms with E-state index >= 15 is 0 Å². The number of methoxy groups -OCH3 is 1. The number of rotatable bonds is 10. The first-order valence-corrected chi connectivity index (χ1v) is 11.4.